The maximum Gasteiger partial charge on any atom is 0.269 e. The van der Waals surface area contributed by atoms with Crippen molar-refractivity contribution in [2.45, 2.75) is 16.6 Å². The molecule has 0 amide bonds. The molecule has 156 valence electrons. The Kier molecular flexibility index (Phi) is 5.30. The van der Waals surface area contributed by atoms with E-state index in [9.17, 15) is 23.3 Å². The van der Waals surface area contributed by atoms with E-state index in [4.69, 9.17) is 0 Å². The van der Waals surface area contributed by atoms with Gasteiger partial charge in [0.25, 0.3) is 5.69 Å². The van der Waals surface area contributed by atoms with E-state index in [1.54, 1.807) is 41.2 Å². The van der Waals surface area contributed by atoms with E-state index in [0.29, 0.717) is 11.3 Å². The van der Waals surface area contributed by atoms with Crippen molar-refractivity contribution in [3.05, 3.63) is 101 Å². The van der Waals surface area contributed by atoms with Crippen molar-refractivity contribution < 1.29 is 18.1 Å². The van der Waals surface area contributed by atoms with Crippen LogP contribution in [0.5, 0.6) is 0 Å². The van der Waals surface area contributed by atoms with Gasteiger partial charge in [0.15, 0.2) is 21.3 Å². The number of rotatable bonds is 7. The molecular weight excluding hydrogens is 420 g/mol. The number of sulfone groups is 1. The lowest BCUT2D eigenvalue weighted by Crippen LogP contribution is -2.33. The van der Waals surface area contributed by atoms with E-state index in [2.05, 4.69) is 9.97 Å². The molecule has 0 fully saturated rings. The van der Waals surface area contributed by atoms with Gasteiger partial charge in [-0.1, -0.05) is 18.2 Å². The predicted molar refractivity (Wildman–Crippen MR) is 112 cm³/mol. The molecule has 4 rings (SSSR count). The number of hydrogen-bond donors (Lipinski definition) is 0. The lowest BCUT2D eigenvalue weighted by atomic mass is 10.0. The highest BCUT2D eigenvalue weighted by molar-refractivity contribution is 7.92. The minimum Gasteiger partial charge on any atom is -0.304 e. The van der Waals surface area contributed by atoms with Gasteiger partial charge in [-0.15, -0.1) is 0 Å². The number of nitro benzene ring substituents is 1. The molecule has 0 aliphatic carbocycles. The van der Waals surface area contributed by atoms with Crippen molar-refractivity contribution in [1.29, 1.82) is 0 Å². The van der Waals surface area contributed by atoms with E-state index in [1.807, 2.05) is 0 Å². The number of carbonyl (C=O) groups is 1. The summed E-state index contributed by atoms with van der Waals surface area (Å²) in [6, 6.07) is 12.6. The number of nitrogens with zero attached hydrogens (tertiary/aromatic N) is 4. The fourth-order valence-corrected chi connectivity index (χ4v) is 4.91. The Morgan fingerprint density at radius 3 is 2.45 bits per heavy atom. The summed E-state index contributed by atoms with van der Waals surface area (Å²) in [5.74, 6) is -0.658. The van der Waals surface area contributed by atoms with Gasteiger partial charge < -0.3 is 4.40 Å². The highest BCUT2D eigenvalue weighted by Gasteiger charge is 2.35. The number of nitro groups is 1. The minimum absolute atomic E-state index is 0.0145. The monoisotopic (exact) mass is 436 g/mol. The molecule has 1 atom stereocenters. The summed E-state index contributed by atoms with van der Waals surface area (Å²) in [4.78, 5) is 31.9. The van der Waals surface area contributed by atoms with Gasteiger partial charge in [-0.05, 0) is 24.3 Å². The van der Waals surface area contributed by atoms with Crippen molar-refractivity contribution in [2.75, 3.05) is 0 Å². The van der Waals surface area contributed by atoms with Crippen LogP contribution in [0.2, 0.25) is 0 Å². The number of non-ortho nitro benzene ring substituents is 1. The Bertz CT molecular complexity index is 1330. The predicted octanol–water partition coefficient (Wildman–Crippen LogP) is 2.91. The third-order valence-electron chi connectivity index (χ3n) is 4.81. The van der Waals surface area contributed by atoms with E-state index < -0.39 is 25.8 Å². The van der Waals surface area contributed by atoms with E-state index in [-0.39, 0.29) is 22.6 Å². The number of carbonyl (C=O) groups excluding carboxylic acids is 1. The number of aromatic nitrogens is 3. The van der Waals surface area contributed by atoms with Gasteiger partial charge in [0.2, 0.25) is 0 Å². The number of hydrogen-bond acceptors (Lipinski definition) is 7. The topological polar surface area (TPSA) is 125 Å². The Morgan fingerprint density at radius 2 is 1.81 bits per heavy atom. The average Bonchev–Trinajstić information content (AvgIpc) is 3.20. The maximum absolute atomic E-state index is 13.4. The molecule has 0 aliphatic heterocycles. The van der Waals surface area contributed by atoms with Gasteiger partial charge in [0, 0.05) is 42.7 Å². The van der Waals surface area contributed by atoms with Crippen LogP contribution < -0.4 is 0 Å². The number of fused-ring (bicyclic) bond motifs is 1. The van der Waals surface area contributed by atoms with Crippen molar-refractivity contribution in [3.8, 4) is 0 Å². The molecule has 0 N–H and O–H groups in total. The van der Waals surface area contributed by atoms with Gasteiger partial charge in [-0.3, -0.25) is 19.9 Å². The second-order valence-corrected chi connectivity index (χ2v) is 8.92. The summed E-state index contributed by atoms with van der Waals surface area (Å²) in [5.41, 5.74) is 0.816. The first-order valence-corrected chi connectivity index (χ1v) is 10.8. The maximum atomic E-state index is 13.4. The van der Waals surface area contributed by atoms with Gasteiger partial charge in [0.05, 0.1) is 21.7 Å². The largest absolute Gasteiger partial charge is 0.304 e. The number of ketones is 1. The molecule has 0 saturated heterocycles. The summed E-state index contributed by atoms with van der Waals surface area (Å²) in [5, 5.41) is 9.45. The lowest BCUT2D eigenvalue weighted by Gasteiger charge is -2.16. The van der Waals surface area contributed by atoms with E-state index in [1.165, 1.54) is 42.6 Å². The SMILES string of the molecule is O=C(c1ccc([N+](=O)[O-])cc1)C(Cc1cn2ccncc2n1)S(=O)(=O)c1ccccc1. The van der Waals surface area contributed by atoms with Crippen LogP contribution in [0.4, 0.5) is 5.69 Å². The average molecular weight is 436 g/mol. The molecule has 0 bridgehead atoms. The van der Waals surface area contributed by atoms with Gasteiger partial charge in [0.1, 0.15) is 5.25 Å². The van der Waals surface area contributed by atoms with Crippen molar-refractivity contribution in [3.63, 3.8) is 0 Å². The van der Waals surface area contributed by atoms with Crippen molar-refractivity contribution in [1.82, 2.24) is 14.4 Å². The van der Waals surface area contributed by atoms with E-state index in [0.717, 1.165) is 0 Å². The number of Topliss-reactive ketones (excluding diaryl/α,β-unsaturated/α-hetero) is 1. The van der Waals surface area contributed by atoms with Crippen molar-refractivity contribution >= 4 is 27.0 Å². The summed E-state index contributed by atoms with van der Waals surface area (Å²) in [7, 11) is -4.06. The fraction of sp³-hybridized carbons (Fsp3) is 0.0952. The number of imidazole rings is 1. The molecule has 0 saturated carbocycles. The Labute approximate surface area is 177 Å². The van der Waals surface area contributed by atoms with E-state index >= 15 is 0 Å². The molecule has 2 aromatic carbocycles. The molecule has 1 unspecified atom stereocenters. The highest BCUT2D eigenvalue weighted by atomic mass is 32.2. The second kappa shape index (κ2) is 8.07. The Morgan fingerprint density at radius 1 is 1.10 bits per heavy atom. The van der Waals surface area contributed by atoms with Crippen LogP contribution in [-0.4, -0.2) is 38.7 Å². The Hall–Kier alpha value is -3.92. The van der Waals surface area contributed by atoms with Crippen LogP contribution in [0.3, 0.4) is 0 Å². The minimum atomic E-state index is -4.06. The zero-order chi connectivity index (χ0) is 22.0. The fourth-order valence-electron chi connectivity index (χ4n) is 3.23. The molecule has 4 aromatic rings. The zero-order valence-corrected chi connectivity index (χ0v) is 16.8. The first kappa shape index (κ1) is 20.4. The van der Waals surface area contributed by atoms with Gasteiger partial charge in [-0.2, -0.15) is 0 Å². The van der Waals surface area contributed by atoms with Crippen LogP contribution in [0.15, 0.2) is 84.3 Å². The summed E-state index contributed by atoms with van der Waals surface area (Å²) in [6.45, 7) is 0. The van der Waals surface area contributed by atoms with Crippen LogP contribution in [0.1, 0.15) is 16.1 Å². The lowest BCUT2D eigenvalue weighted by molar-refractivity contribution is -0.384. The normalized spacial score (nSPS) is 12.5. The molecule has 0 aliphatic rings. The van der Waals surface area contributed by atoms with Crippen molar-refractivity contribution in [2.24, 2.45) is 0 Å². The quantitative estimate of drug-likeness (QED) is 0.248. The smallest absolute Gasteiger partial charge is 0.269 e. The molecule has 10 heteroatoms. The molecule has 2 aromatic heterocycles. The molecular formula is C21H16N4O5S. The van der Waals surface area contributed by atoms with Crippen LogP contribution in [0.25, 0.3) is 5.65 Å². The highest BCUT2D eigenvalue weighted by Crippen LogP contribution is 2.24. The molecule has 9 nitrogen and oxygen atoms in total. The van der Waals surface area contributed by atoms with Crippen LogP contribution >= 0.6 is 0 Å². The zero-order valence-electron chi connectivity index (χ0n) is 16.0. The van der Waals surface area contributed by atoms with Crippen LogP contribution in [0, 0.1) is 10.1 Å². The third-order valence-corrected chi connectivity index (χ3v) is 6.87. The molecule has 2 heterocycles. The summed E-state index contributed by atoms with van der Waals surface area (Å²) >= 11 is 0. The molecule has 0 radical (unpaired) electrons. The summed E-state index contributed by atoms with van der Waals surface area (Å²) < 4.78 is 28.4. The van der Waals surface area contributed by atoms with Gasteiger partial charge in [-0.25, -0.2) is 13.4 Å². The van der Waals surface area contributed by atoms with Crippen LogP contribution in [-0.2, 0) is 16.3 Å². The Balaban J connectivity index is 1.76. The number of benzene rings is 2. The second-order valence-electron chi connectivity index (χ2n) is 6.79. The summed E-state index contributed by atoms with van der Waals surface area (Å²) in [6.07, 6.45) is 6.26. The first-order valence-electron chi connectivity index (χ1n) is 9.21. The third kappa shape index (κ3) is 4.05. The molecule has 0 spiro atoms. The first-order chi connectivity index (χ1) is 14.9. The molecule has 31 heavy (non-hydrogen) atoms. The standard InChI is InChI=1S/C21H16N4O5S/c26-21(15-6-8-17(9-7-15)25(27)28)19(31(29,30)18-4-2-1-3-5-18)12-16-14-24-11-10-22-13-20(24)23-16/h1-11,13-14,19H,12H2. The van der Waals surface area contributed by atoms with Gasteiger partial charge >= 0.3 is 0 Å².